The van der Waals surface area contributed by atoms with Crippen LogP contribution in [-0.4, -0.2) is 29.1 Å². The topological polar surface area (TPSA) is 89.4 Å². The lowest BCUT2D eigenvalue weighted by atomic mass is 10.2. The molecule has 2 heterocycles. The number of esters is 1. The summed E-state index contributed by atoms with van der Waals surface area (Å²) < 4.78 is 7.12. The van der Waals surface area contributed by atoms with Crippen molar-refractivity contribution in [1.82, 2.24) is 15.2 Å². The van der Waals surface area contributed by atoms with Gasteiger partial charge in [0.05, 0.1) is 12.1 Å². The number of benzene rings is 1. The van der Waals surface area contributed by atoms with Gasteiger partial charge in [0.2, 0.25) is 0 Å². The van der Waals surface area contributed by atoms with Crippen LogP contribution in [0.2, 0.25) is 0 Å². The minimum atomic E-state index is -0.690. The maximum Gasteiger partial charge on any atom is 0.340 e. The number of rotatable bonds is 7. The fourth-order valence-corrected chi connectivity index (χ4v) is 3.66. The second kappa shape index (κ2) is 9.89. The Morgan fingerprint density at radius 1 is 1.07 bits per heavy atom. The van der Waals surface area contributed by atoms with Gasteiger partial charge in [-0.2, -0.15) is 0 Å². The van der Waals surface area contributed by atoms with Crippen molar-refractivity contribution in [1.29, 1.82) is 0 Å². The molecule has 0 aliphatic rings. The van der Waals surface area contributed by atoms with E-state index in [-0.39, 0.29) is 0 Å². The smallest absolute Gasteiger partial charge is 0.340 e. The second-order valence-corrected chi connectivity index (χ2v) is 7.78. The van der Waals surface area contributed by atoms with Gasteiger partial charge in [0.15, 0.2) is 6.61 Å². The molecule has 0 unspecified atom stereocenters. The number of hydrogen-bond donors (Lipinski definition) is 2. The predicted molar refractivity (Wildman–Crippen MR) is 114 cm³/mol. The fraction of sp³-hybridized carbons (Fsp3) is 0.227. The van der Waals surface area contributed by atoms with Crippen molar-refractivity contribution in [3.8, 4) is 0 Å². The first kappa shape index (κ1) is 21.3. The molecule has 2 N–H and O–H groups in total. The van der Waals surface area contributed by atoms with E-state index < -0.39 is 24.5 Å². The largest absolute Gasteiger partial charge is 0.452 e. The third kappa shape index (κ3) is 5.57. The molecule has 0 aliphatic carbocycles. The molecule has 8 heteroatoms. The van der Waals surface area contributed by atoms with E-state index in [1.54, 1.807) is 6.07 Å². The summed E-state index contributed by atoms with van der Waals surface area (Å²) in [4.78, 5) is 37.1. The first-order valence-corrected chi connectivity index (χ1v) is 10.3. The molecule has 7 nitrogen and oxygen atoms in total. The number of ether oxygens (including phenoxy) is 1. The number of aromatic nitrogens is 1. The van der Waals surface area contributed by atoms with Crippen LogP contribution >= 0.6 is 11.3 Å². The van der Waals surface area contributed by atoms with Gasteiger partial charge in [0, 0.05) is 22.8 Å². The summed E-state index contributed by atoms with van der Waals surface area (Å²) in [5.41, 5.74) is 3.20. The molecular weight excluding hydrogens is 402 g/mol. The molecule has 0 aliphatic heterocycles. The van der Waals surface area contributed by atoms with Crippen LogP contribution < -0.4 is 10.6 Å². The lowest BCUT2D eigenvalue weighted by Crippen LogP contribution is -2.41. The highest BCUT2D eigenvalue weighted by Crippen LogP contribution is 2.18. The summed E-state index contributed by atoms with van der Waals surface area (Å²) in [6.45, 7) is 4.18. The number of hydrogen-bond acceptors (Lipinski definition) is 5. The van der Waals surface area contributed by atoms with Crippen molar-refractivity contribution in [2.24, 2.45) is 0 Å². The van der Waals surface area contributed by atoms with Crippen LogP contribution in [0.5, 0.6) is 0 Å². The first-order chi connectivity index (χ1) is 14.4. The Bertz CT molecular complexity index is 1030. The Morgan fingerprint density at radius 3 is 2.53 bits per heavy atom. The van der Waals surface area contributed by atoms with Crippen LogP contribution in [0.1, 0.15) is 32.2 Å². The van der Waals surface area contributed by atoms with Crippen LogP contribution in [0, 0.1) is 13.8 Å². The predicted octanol–water partition coefficient (Wildman–Crippen LogP) is 3.40. The Kier molecular flexibility index (Phi) is 7.03. The normalized spacial score (nSPS) is 10.5. The van der Waals surface area contributed by atoms with Gasteiger partial charge in [0.25, 0.3) is 5.91 Å². The van der Waals surface area contributed by atoms with Crippen molar-refractivity contribution < 1.29 is 19.1 Å². The van der Waals surface area contributed by atoms with Crippen LogP contribution in [0.15, 0.2) is 53.9 Å². The Labute approximate surface area is 178 Å². The molecule has 0 saturated heterocycles. The monoisotopic (exact) mass is 425 g/mol. The maximum atomic E-state index is 12.4. The van der Waals surface area contributed by atoms with E-state index in [1.807, 2.05) is 66.3 Å². The minimum absolute atomic E-state index is 0.323. The molecule has 3 rings (SSSR count). The van der Waals surface area contributed by atoms with Crippen molar-refractivity contribution in [2.45, 2.75) is 26.9 Å². The number of carbonyl (C=O) groups excluding carboxylic acids is 3. The summed E-state index contributed by atoms with van der Waals surface area (Å²) in [5, 5.41) is 6.62. The number of urea groups is 1. The molecule has 30 heavy (non-hydrogen) atoms. The number of imide groups is 1. The zero-order chi connectivity index (χ0) is 21.5. The van der Waals surface area contributed by atoms with Gasteiger partial charge >= 0.3 is 12.0 Å². The number of nitrogens with zero attached hydrogens (tertiary/aromatic N) is 1. The highest BCUT2D eigenvalue weighted by molar-refractivity contribution is 7.09. The van der Waals surface area contributed by atoms with Crippen LogP contribution in [0.4, 0.5) is 4.79 Å². The van der Waals surface area contributed by atoms with E-state index in [4.69, 9.17) is 4.74 Å². The number of aryl methyl sites for hydroxylation is 1. The van der Waals surface area contributed by atoms with Crippen LogP contribution in [0.25, 0.3) is 0 Å². The van der Waals surface area contributed by atoms with E-state index in [2.05, 4.69) is 10.6 Å². The lowest BCUT2D eigenvalue weighted by molar-refractivity contribution is -0.123. The number of amides is 3. The fourth-order valence-electron chi connectivity index (χ4n) is 3.01. The van der Waals surface area contributed by atoms with Gasteiger partial charge in [-0.15, -0.1) is 11.3 Å². The van der Waals surface area contributed by atoms with Crippen molar-refractivity contribution in [2.75, 3.05) is 6.61 Å². The molecule has 3 aromatic rings. The van der Waals surface area contributed by atoms with E-state index in [0.29, 0.717) is 18.7 Å². The van der Waals surface area contributed by atoms with Crippen LogP contribution in [-0.2, 0) is 22.6 Å². The second-order valence-electron chi connectivity index (χ2n) is 6.74. The van der Waals surface area contributed by atoms with Gasteiger partial charge in [-0.3, -0.25) is 10.1 Å². The summed E-state index contributed by atoms with van der Waals surface area (Å²) in [6.07, 6.45) is 0. The molecule has 0 saturated carbocycles. The standard InChI is InChI=1S/C22H23N3O4S/c1-15-11-19(16(2)25(15)13-17-7-4-3-5-8-17)21(27)29-14-20(26)24-22(28)23-12-18-9-6-10-30-18/h3-11H,12-14H2,1-2H3,(H2,23,24,26,28). The Balaban J connectivity index is 1.51. The Morgan fingerprint density at radius 2 is 1.83 bits per heavy atom. The van der Waals surface area contributed by atoms with Crippen LogP contribution in [0.3, 0.4) is 0 Å². The maximum absolute atomic E-state index is 12.4. The third-order valence-corrected chi connectivity index (χ3v) is 5.44. The van der Waals surface area contributed by atoms with Crippen molar-refractivity contribution in [3.05, 3.63) is 81.3 Å². The van der Waals surface area contributed by atoms with Crippen molar-refractivity contribution in [3.63, 3.8) is 0 Å². The average molecular weight is 426 g/mol. The van der Waals surface area contributed by atoms with Gasteiger partial charge in [0.1, 0.15) is 0 Å². The molecule has 0 bridgehead atoms. The summed E-state index contributed by atoms with van der Waals surface area (Å²) in [5.74, 6) is -1.29. The van der Waals surface area contributed by atoms with Crippen molar-refractivity contribution >= 4 is 29.2 Å². The zero-order valence-electron chi connectivity index (χ0n) is 16.8. The third-order valence-electron chi connectivity index (χ3n) is 4.57. The molecule has 156 valence electrons. The van der Waals surface area contributed by atoms with E-state index in [9.17, 15) is 14.4 Å². The molecule has 2 aromatic heterocycles. The SMILES string of the molecule is Cc1cc(C(=O)OCC(=O)NC(=O)NCc2cccs2)c(C)n1Cc1ccccc1. The summed E-state index contributed by atoms with van der Waals surface area (Å²) >= 11 is 1.50. The summed E-state index contributed by atoms with van der Waals surface area (Å²) in [7, 11) is 0. The number of nitrogens with one attached hydrogen (secondary N) is 2. The molecule has 0 radical (unpaired) electrons. The Hall–Kier alpha value is -3.39. The molecule has 0 fully saturated rings. The van der Waals surface area contributed by atoms with Gasteiger partial charge in [-0.05, 0) is 36.9 Å². The molecule has 3 amide bonds. The number of thiophene rings is 1. The average Bonchev–Trinajstić information content (AvgIpc) is 3.35. The highest BCUT2D eigenvalue weighted by atomic mass is 32.1. The van der Waals surface area contributed by atoms with E-state index in [1.165, 1.54) is 11.3 Å². The first-order valence-electron chi connectivity index (χ1n) is 9.42. The number of carbonyl (C=O) groups is 3. The minimum Gasteiger partial charge on any atom is -0.452 e. The van der Waals surface area contributed by atoms with Gasteiger partial charge < -0.3 is 14.6 Å². The molecule has 1 aromatic carbocycles. The summed E-state index contributed by atoms with van der Waals surface area (Å²) in [6, 6.07) is 14.8. The zero-order valence-corrected chi connectivity index (χ0v) is 17.6. The highest BCUT2D eigenvalue weighted by Gasteiger charge is 2.19. The quantitative estimate of drug-likeness (QED) is 0.568. The van der Waals surface area contributed by atoms with Gasteiger partial charge in [-0.25, -0.2) is 9.59 Å². The molecule has 0 spiro atoms. The lowest BCUT2D eigenvalue weighted by Gasteiger charge is -2.10. The molecule has 0 atom stereocenters. The van der Waals surface area contributed by atoms with Gasteiger partial charge in [-0.1, -0.05) is 36.4 Å². The molecular formula is C22H23N3O4S. The van der Waals surface area contributed by atoms with E-state index in [0.717, 1.165) is 21.8 Å². The van der Waals surface area contributed by atoms with E-state index >= 15 is 0 Å².